The zero-order valence-corrected chi connectivity index (χ0v) is 8.54. The van der Waals surface area contributed by atoms with E-state index >= 15 is 0 Å². The predicted molar refractivity (Wildman–Crippen MR) is 44.6 cm³/mol. The van der Waals surface area contributed by atoms with Gasteiger partial charge in [-0.1, -0.05) is 15.3 Å². The molecule has 0 spiro atoms. The third-order valence-electron chi connectivity index (χ3n) is 0.732. The Kier molecular flexibility index (Phi) is 7.69. The first-order valence-electron chi connectivity index (χ1n) is 3.30. The van der Waals surface area contributed by atoms with Crippen LogP contribution in [-0.4, -0.2) is 18.2 Å². The number of nitrogens with zero attached hydrogens (tertiary/aromatic N) is 3. The average molecular weight is 266 g/mol. The quantitative estimate of drug-likeness (QED) is 0.191. The summed E-state index contributed by atoms with van der Waals surface area (Å²) in [6.45, 7) is 0. The van der Waals surface area contributed by atoms with Gasteiger partial charge in [0.05, 0.1) is 0 Å². The Morgan fingerprint density at radius 3 is 1.29 bits per heavy atom. The molecule has 0 bridgehead atoms. The third-order valence-corrected chi connectivity index (χ3v) is 1.65. The number of phosphoric acid groups is 1. The standard InChI is InChI=1S/C3H3N6O7P/c10-1-4-7-14-17(13,15-8-5-2-11)16-9-6-3-12/h7-9H. The van der Waals surface area contributed by atoms with Crippen molar-refractivity contribution in [3.8, 4) is 0 Å². The maximum Gasteiger partial charge on any atom is 0.543 e. The second-order valence-electron chi connectivity index (χ2n) is 1.60. The van der Waals surface area contributed by atoms with Gasteiger partial charge in [-0.2, -0.15) is 16.8 Å². The first kappa shape index (κ1) is 14.6. The molecule has 0 unspecified atom stereocenters. The zero-order valence-electron chi connectivity index (χ0n) is 7.65. The van der Waals surface area contributed by atoms with Gasteiger partial charge in [-0.25, -0.2) is 18.9 Å². The minimum absolute atomic E-state index is 0.969. The first-order valence-corrected chi connectivity index (χ1v) is 4.76. The molecule has 0 saturated heterocycles. The molecule has 0 aliphatic rings. The highest BCUT2D eigenvalue weighted by Gasteiger charge is 2.30. The van der Waals surface area contributed by atoms with Crippen molar-refractivity contribution in [3.63, 3.8) is 0 Å². The van der Waals surface area contributed by atoms with E-state index in [1.807, 2.05) is 0 Å². The van der Waals surface area contributed by atoms with Crippen LogP contribution in [0.3, 0.4) is 0 Å². The van der Waals surface area contributed by atoms with E-state index in [0.29, 0.717) is 0 Å². The third kappa shape index (κ3) is 7.56. The van der Waals surface area contributed by atoms with Crippen molar-refractivity contribution in [2.24, 2.45) is 15.3 Å². The molecule has 0 fully saturated rings. The van der Waals surface area contributed by atoms with Crippen LogP contribution >= 0.6 is 7.82 Å². The van der Waals surface area contributed by atoms with Gasteiger partial charge in [0, 0.05) is 0 Å². The highest BCUT2D eigenvalue weighted by molar-refractivity contribution is 7.48. The molecule has 14 heteroatoms. The number of isocyanates is 3. The van der Waals surface area contributed by atoms with E-state index in [9.17, 15) is 18.9 Å². The number of nitrogens with one attached hydrogen (secondary N) is 3. The van der Waals surface area contributed by atoms with E-state index in [1.165, 1.54) is 16.8 Å². The molecular weight excluding hydrogens is 263 g/mol. The fourth-order valence-corrected chi connectivity index (χ4v) is 0.857. The number of rotatable bonds is 9. The number of carbonyl (C=O) groups excluding carboxylic acids is 3. The summed E-state index contributed by atoms with van der Waals surface area (Å²) >= 11 is 0. The molecule has 0 aromatic heterocycles. The SMILES string of the molecule is O=C=NNOP(=O)(ONN=C=O)ONN=C=O. The second-order valence-corrected chi connectivity index (χ2v) is 3.05. The molecule has 92 valence electrons. The van der Waals surface area contributed by atoms with Crippen LogP contribution in [0, 0.1) is 0 Å². The summed E-state index contributed by atoms with van der Waals surface area (Å²) in [7, 11) is -4.46. The highest BCUT2D eigenvalue weighted by Crippen LogP contribution is 2.46. The first-order chi connectivity index (χ1) is 8.18. The van der Waals surface area contributed by atoms with Crippen LogP contribution in [0.25, 0.3) is 0 Å². The minimum atomic E-state index is -4.46. The smallest absolute Gasteiger partial charge is 0.222 e. The van der Waals surface area contributed by atoms with Crippen molar-refractivity contribution in [2.75, 3.05) is 0 Å². The minimum Gasteiger partial charge on any atom is -0.222 e. The van der Waals surface area contributed by atoms with Crippen molar-refractivity contribution in [1.82, 2.24) is 16.8 Å². The van der Waals surface area contributed by atoms with Crippen molar-refractivity contribution in [1.29, 1.82) is 0 Å². The summed E-state index contributed by atoms with van der Waals surface area (Å²) in [4.78, 5) is 28.9. The van der Waals surface area contributed by atoms with Gasteiger partial charge >= 0.3 is 7.82 Å². The maximum atomic E-state index is 11.4. The Balaban J connectivity index is 4.42. The summed E-state index contributed by atoms with van der Waals surface area (Å²) < 4.78 is 23.7. The molecule has 0 saturated carbocycles. The summed E-state index contributed by atoms with van der Waals surface area (Å²) in [5, 5.41) is 7.90. The van der Waals surface area contributed by atoms with E-state index < -0.39 is 7.82 Å². The zero-order chi connectivity index (χ0) is 13.0. The molecule has 0 rings (SSSR count). The molecule has 0 aromatic rings. The van der Waals surface area contributed by atoms with E-state index in [2.05, 4.69) is 29.2 Å². The lowest BCUT2D eigenvalue weighted by Gasteiger charge is -2.11. The molecule has 0 heterocycles. The van der Waals surface area contributed by atoms with Crippen LogP contribution in [0.1, 0.15) is 0 Å². The van der Waals surface area contributed by atoms with Crippen LogP contribution < -0.4 is 16.8 Å². The van der Waals surface area contributed by atoms with Gasteiger partial charge in [0.25, 0.3) is 18.2 Å². The Morgan fingerprint density at radius 1 is 0.765 bits per heavy atom. The van der Waals surface area contributed by atoms with Gasteiger partial charge in [0.15, 0.2) is 0 Å². The molecule has 0 radical (unpaired) electrons. The van der Waals surface area contributed by atoms with Crippen molar-refractivity contribution in [3.05, 3.63) is 0 Å². The van der Waals surface area contributed by atoms with Gasteiger partial charge in [0.2, 0.25) is 0 Å². The lowest BCUT2D eigenvalue weighted by molar-refractivity contribution is 0.0181. The van der Waals surface area contributed by atoms with Crippen LogP contribution in [-0.2, 0) is 32.8 Å². The largest absolute Gasteiger partial charge is 0.543 e. The van der Waals surface area contributed by atoms with Gasteiger partial charge in [0.1, 0.15) is 0 Å². The lowest BCUT2D eigenvalue weighted by atomic mass is 11.6. The Morgan fingerprint density at radius 2 is 1.06 bits per heavy atom. The molecule has 0 amide bonds. The molecule has 3 N–H and O–H groups in total. The van der Waals surface area contributed by atoms with Crippen LogP contribution in [0.15, 0.2) is 15.3 Å². The summed E-state index contributed by atoms with van der Waals surface area (Å²) in [5.74, 6) is 0. The molecular formula is C3H3N6O7P. The normalized spacial score (nSPS) is 11.8. The summed E-state index contributed by atoms with van der Waals surface area (Å²) in [6, 6.07) is 0. The summed E-state index contributed by atoms with van der Waals surface area (Å²) in [5.41, 5.74) is 4.37. The van der Waals surface area contributed by atoms with Crippen molar-refractivity contribution >= 4 is 26.1 Å². The van der Waals surface area contributed by atoms with Crippen molar-refractivity contribution < 1.29 is 32.8 Å². The maximum absolute atomic E-state index is 11.4. The fourth-order valence-electron chi connectivity index (χ4n) is 0.323. The average Bonchev–Trinajstić information content (AvgIpc) is 2.30. The number of hydrogen-bond acceptors (Lipinski definition) is 13. The highest BCUT2D eigenvalue weighted by atomic mass is 31.2. The molecule has 17 heavy (non-hydrogen) atoms. The van der Waals surface area contributed by atoms with Crippen LogP contribution in [0.2, 0.25) is 0 Å². The topological polar surface area (TPSA) is 169 Å². The molecule has 0 aliphatic carbocycles. The van der Waals surface area contributed by atoms with E-state index in [0.717, 1.165) is 18.2 Å². The second kappa shape index (κ2) is 8.92. The molecule has 0 aliphatic heterocycles. The number of hydrazone groups is 3. The molecule has 0 atom stereocenters. The van der Waals surface area contributed by atoms with Crippen molar-refractivity contribution in [2.45, 2.75) is 0 Å². The van der Waals surface area contributed by atoms with Gasteiger partial charge in [-0.05, 0) is 0 Å². The van der Waals surface area contributed by atoms with Gasteiger partial charge < -0.3 is 0 Å². The van der Waals surface area contributed by atoms with Crippen LogP contribution in [0.4, 0.5) is 0 Å². The Labute approximate surface area is 92.0 Å². The molecule has 13 nitrogen and oxygen atoms in total. The van der Waals surface area contributed by atoms with E-state index in [1.54, 1.807) is 0 Å². The monoisotopic (exact) mass is 266 g/mol. The number of hydrogen-bond donors (Lipinski definition) is 3. The Bertz CT molecular complexity index is 358. The summed E-state index contributed by atoms with van der Waals surface area (Å²) in [6.07, 6.45) is 2.91. The predicted octanol–water partition coefficient (Wildman–Crippen LogP) is -1.59. The fraction of sp³-hybridized carbons (Fsp3) is 0. The van der Waals surface area contributed by atoms with Crippen LogP contribution in [0.5, 0.6) is 0 Å². The lowest BCUT2D eigenvalue weighted by Crippen LogP contribution is -2.17. The van der Waals surface area contributed by atoms with E-state index in [-0.39, 0.29) is 0 Å². The van der Waals surface area contributed by atoms with Gasteiger partial charge in [-0.15, -0.1) is 13.9 Å². The Hall–Kier alpha value is -2.35. The van der Waals surface area contributed by atoms with E-state index in [4.69, 9.17) is 0 Å². The van der Waals surface area contributed by atoms with Gasteiger partial charge in [-0.3, -0.25) is 0 Å². The molecule has 0 aromatic carbocycles.